The van der Waals surface area contributed by atoms with Crippen LogP contribution in [0.4, 0.5) is 0 Å². The molecule has 2 atom stereocenters. The van der Waals surface area contributed by atoms with Crippen molar-refractivity contribution in [2.24, 2.45) is 5.92 Å². The Morgan fingerprint density at radius 2 is 2.12 bits per heavy atom. The largest absolute Gasteiger partial charge is 0.361 e. The van der Waals surface area contributed by atoms with Crippen molar-refractivity contribution in [1.29, 1.82) is 0 Å². The van der Waals surface area contributed by atoms with Gasteiger partial charge in [-0.1, -0.05) is 19.0 Å². The number of aromatic nitrogens is 4. The van der Waals surface area contributed by atoms with Crippen LogP contribution in [0.15, 0.2) is 10.6 Å². The van der Waals surface area contributed by atoms with Gasteiger partial charge in [0.25, 0.3) is 5.91 Å². The molecule has 0 N–H and O–H groups in total. The molecule has 2 aromatic rings. The van der Waals surface area contributed by atoms with E-state index in [4.69, 9.17) is 4.52 Å². The zero-order chi connectivity index (χ0) is 16.8. The van der Waals surface area contributed by atoms with E-state index < -0.39 is 0 Å². The van der Waals surface area contributed by atoms with Crippen molar-refractivity contribution in [3.8, 4) is 0 Å². The first kappa shape index (κ1) is 15.4. The molecule has 0 unspecified atom stereocenters. The summed E-state index contributed by atoms with van der Waals surface area (Å²) in [4.78, 5) is 14.9. The maximum Gasteiger partial charge on any atom is 0.276 e. The lowest BCUT2D eigenvalue weighted by Crippen LogP contribution is -2.42. The Hall–Kier alpha value is -2.18. The number of fused-ring (bicyclic) bond motifs is 3. The highest BCUT2D eigenvalue weighted by Gasteiger charge is 2.42. The van der Waals surface area contributed by atoms with Crippen molar-refractivity contribution in [2.75, 3.05) is 0 Å². The topological polar surface area (TPSA) is 77.1 Å². The van der Waals surface area contributed by atoms with Gasteiger partial charge in [-0.05, 0) is 25.7 Å². The molecule has 128 valence electrons. The molecule has 2 bridgehead atoms. The second-order valence-electron chi connectivity index (χ2n) is 7.37. The zero-order valence-corrected chi connectivity index (χ0v) is 14.4. The Morgan fingerprint density at radius 3 is 2.83 bits per heavy atom. The van der Waals surface area contributed by atoms with E-state index in [1.54, 1.807) is 13.0 Å². The molecule has 2 aliphatic rings. The second kappa shape index (κ2) is 5.72. The fraction of sp³-hybridized carbons (Fsp3) is 0.647. The van der Waals surface area contributed by atoms with Gasteiger partial charge in [0.1, 0.15) is 17.4 Å². The Morgan fingerprint density at radius 1 is 1.33 bits per heavy atom. The molecule has 1 amide bonds. The van der Waals surface area contributed by atoms with Gasteiger partial charge in [0.05, 0.1) is 6.04 Å². The van der Waals surface area contributed by atoms with Crippen molar-refractivity contribution in [1.82, 2.24) is 24.8 Å². The Balaban J connectivity index is 1.62. The third kappa shape index (κ3) is 2.52. The standard InChI is InChI=1S/C17H23N5O2/c1-10(2)6-15-18-19-16-8-12-4-5-13(9-21(15)16)22(12)17(23)14-7-11(3)24-20-14/h7,10,12-13H,4-6,8-9H2,1-3H3/t12-,13+/m0/s1. The molecule has 0 spiro atoms. The van der Waals surface area contributed by atoms with Gasteiger partial charge in [-0.15, -0.1) is 10.2 Å². The highest BCUT2D eigenvalue weighted by atomic mass is 16.5. The summed E-state index contributed by atoms with van der Waals surface area (Å²) in [7, 11) is 0. The molecular formula is C17H23N5O2. The molecule has 4 heterocycles. The average molecular weight is 329 g/mol. The molecule has 0 aliphatic carbocycles. The fourth-order valence-corrected chi connectivity index (χ4v) is 3.94. The van der Waals surface area contributed by atoms with Crippen molar-refractivity contribution in [3.05, 3.63) is 29.2 Å². The van der Waals surface area contributed by atoms with Crippen LogP contribution in [0.25, 0.3) is 0 Å². The summed E-state index contributed by atoms with van der Waals surface area (Å²) in [6.45, 7) is 6.96. The number of hydrogen-bond acceptors (Lipinski definition) is 5. The third-order valence-corrected chi connectivity index (χ3v) is 5.01. The predicted octanol–water partition coefficient (Wildman–Crippen LogP) is 2.00. The summed E-state index contributed by atoms with van der Waals surface area (Å²) in [6, 6.07) is 2.08. The van der Waals surface area contributed by atoms with Gasteiger partial charge in [-0.25, -0.2) is 0 Å². The first-order valence-corrected chi connectivity index (χ1v) is 8.70. The highest BCUT2D eigenvalue weighted by molar-refractivity contribution is 5.93. The number of carbonyl (C=O) groups excluding carboxylic acids is 1. The van der Waals surface area contributed by atoms with E-state index in [9.17, 15) is 4.79 Å². The van der Waals surface area contributed by atoms with E-state index in [-0.39, 0.29) is 18.0 Å². The fourth-order valence-electron chi connectivity index (χ4n) is 3.94. The molecule has 7 heteroatoms. The van der Waals surface area contributed by atoms with Crippen LogP contribution in [0.5, 0.6) is 0 Å². The second-order valence-corrected chi connectivity index (χ2v) is 7.37. The molecule has 2 aliphatic heterocycles. The predicted molar refractivity (Wildman–Crippen MR) is 86.5 cm³/mol. The van der Waals surface area contributed by atoms with Gasteiger partial charge in [0, 0.05) is 31.5 Å². The van der Waals surface area contributed by atoms with Crippen molar-refractivity contribution < 1.29 is 9.32 Å². The first-order valence-electron chi connectivity index (χ1n) is 8.70. The lowest BCUT2D eigenvalue weighted by atomic mass is 10.1. The van der Waals surface area contributed by atoms with Crippen LogP contribution in [0.1, 0.15) is 54.6 Å². The minimum atomic E-state index is -0.0246. The van der Waals surface area contributed by atoms with Crippen LogP contribution in [0, 0.1) is 12.8 Å². The molecule has 24 heavy (non-hydrogen) atoms. The van der Waals surface area contributed by atoms with Crippen LogP contribution in [-0.2, 0) is 19.4 Å². The van der Waals surface area contributed by atoms with Crippen LogP contribution < -0.4 is 0 Å². The molecule has 4 rings (SSSR count). The van der Waals surface area contributed by atoms with Crippen LogP contribution in [0.3, 0.4) is 0 Å². The van der Waals surface area contributed by atoms with Gasteiger partial charge in [-0.3, -0.25) is 4.79 Å². The molecule has 0 radical (unpaired) electrons. The van der Waals surface area contributed by atoms with E-state index in [1.807, 2.05) is 4.90 Å². The SMILES string of the molecule is Cc1cc(C(=O)N2[C@@H]3CC[C@H]2Cc2nnc(CC(C)C)n2C3)no1. The van der Waals surface area contributed by atoms with Crippen molar-refractivity contribution >= 4 is 5.91 Å². The highest BCUT2D eigenvalue weighted by Crippen LogP contribution is 2.33. The number of rotatable bonds is 3. The molecule has 2 aromatic heterocycles. The smallest absolute Gasteiger partial charge is 0.276 e. The third-order valence-electron chi connectivity index (χ3n) is 5.01. The van der Waals surface area contributed by atoms with Crippen LogP contribution in [0.2, 0.25) is 0 Å². The molecular weight excluding hydrogens is 306 g/mol. The number of carbonyl (C=O) groups is 1. The van der Waals surface area contributed by atoms with Gasteiger partial charge in [0.2, 0.25) is 0 Å². The maximum absolute atomic E-state index is 12.9. The van der Waals surface area contributed by atoms with E-state index >= 15 is 0 Å². The monoisotopic (exact) mass is 329 g/mol. The zero-order valence-electron chi connectivity index (χ0n) is 14.4. The molecule has 7 nitrogen and oxygen atoms in total. The van der Waals surface area contributed by atoms with Gasteiger partial charge in [-0.2, -0.15) is 0 Å². The quantitative estimate of drug-likeness (QED) is 0.861. The summed E-state index contributed by atoms with van der Waals surface area (Å²) in [5.74, 6) is 3.22. The first-order chi connectivity index (χ1) is 11.5. The normalized spacial score (nSPS) is 22.8. The van der Waals surface area contributed by atoms with Crippen molar-refractivity contribution in [3.63, 3.8) is 0 Å². The Bertz CT molecular complexity index is 763. The summed E-state index contributed by atoms with van der Waals surface area (Å²) >= 11 is 0. The summed E-state index contributed by atoms with van der Waals surface area (Å²) < 4.78 is 7.32. The van der Waals surface area contributed by atoms with E-state index in [0.717, 1.165) is 43.9 Å². The van der Waals surface area contributed by atoms with E-state index in [2.05, 4.69) is 33.8 Å². The van der Waals surface area contributed by atoms with Crippen LogP contribution in [-0.4, -0.2) is 42.8 Å². The summed E-state index contributed by atoms with van der Waals surface area (Å²) in [5, 5.41) is 12.7. The van der Waals surface area contributed by atoms with E-state index in [1.165, 1.54) is 0 Å². The Labute approximate surface area is 141 Å². The maximum atomic E-state index is 12.9. The lowest BCUT2D eigenvalue weighted by molar-refractivity contribution is 0.0654. The number of amides is 1. The summed E-state index contributed by atoms with van der Waals surface area (Å²) in [6.07, 6.45) is 3.72. The molecule has 0 aromatic carbocycles. The minimum Gasteiger partial charge on any atom is -0.361 e. The van der Waals surface area contributed by atoms with E-state index in [0.29, 0.717) is 17.4 Å². The van der Waals surface area contributed by atoms with Crippen molar-refractivity contribution in [2.45, 2.75) is 65.1 Å². The number of hydrogen-bond donors (Lipinski definition) is 0. The van der Waals surface area contributed by atoms with Gasteiger partial charge < -0.3 is 14.0 Å². The molecule has 1 saturated heterocycles. The lowest BCUT2D eigenvalue weighted by Gasteiger charge is -2.27. The molecule has 1 fully saturated rings. The number of nitrogens with zero attached hydrogens (tertiary/aromatic N) is 5. The average Bonchev–Trinajstić information content (AvgIpc) is 3.17. The Kier molecular flexibility index (Phi) is 3.66. The number of aryl methyl sites for hydroxylation is 1. The minimum absolute atomic E-state index is 0.0246. The van der Waals surface area contributed by atoms with Gasteiger partial charge in [0.15, 0.2) is 5.69 Å². The van der Waals surface area contributed by atoms with Crippen LogP contribution >= 0.6 is 0 Å². The summed E-state index contributed by atoms with van der Waals surface area (Å²) in [5.41, 5.74) is 0.407. The molecule has 0 saturated carbocycles. The van der Waals surface area contributed by atoms with Gasteiger partial charge >= 0.3 is 0 Å².